The van der Waals surface area contributed by atoms with Crippen molar-refractivity contribution < 1.29 is 13.2 Å². The van der Waals surface area contributed by atoms with Gasteiger partial charge >= 0.3 is 0 Å². The molecule has 1 fully saturated rings. The normalized spacial score (nSPS) is 27.8. The number of methoxy groups -OCH3 is 1. The molecule has 1 aromatic carbocycles. The molecule has 1 saturated carbocycles. The third kappa shape index (κ3) is 2.29. The molecular formula is C14H18N2O3S. The van der Waals surface area contributed by atoms with Gasteiger partial charge in [-0.2, -0.15) is 0 Å². The summed E-state index contributed by atoms with van der Waals surface area (Å²) >= 11 is 0. The van der Waals surface area contributed by atoms with E-state index in [1.165, 1.54) is 6.07 Å². The number of benzene rings is 1. The minimum absolute atomic E-state index is 0.0960. The number of sulfonamides is 1. The van der Waals surface area contributed by atoms with Crippen molar-refractivity contribution >= 4 is 15.7 Å². The Hall–Kier alpha value is -1.53. The van der Waals surface area contributed by atoms with E-state index < -0.39 is 10.0 Å². The molecule has 0 aromatic heterocycles. The zero-order chi connectivity index (χ0) is 14.3. The Labute approximate surface area is 118 Å². The van der Waals surface area contributed by atoms with Crippen LogP contribution in [0.1, 0.15) is 12.8 Å². The Morgan fingerprint density at radius 2 is 2.20 bits per heavy atom. The molecule has 1 aromatic rings. The quantitative estimate of drug-likeness (QED) is 0.828. The smallest absolute Gasteiger partial charge is 0.238 e. The lowest BCUT2D eigenvalue weighted by molar-refractivity contribution is 0.217. The molecule has 0 saturated heterocycles. The zero-order valence-electron chi connectivity index (χ0n) is 11.2. The van der Waals surface area contributed by atoms with E-state index in [-0.39, 0.29) is 4.90 Å². The van der Waals surface area contributed by atoms with Gasteiger partial charge in [0.15, 0.2) is 0 Å². The van der Waals surface area contributed by atoms with Crippen LogP contribution in [0.15, 0.2) is 35.2 Å². The van der Waals surface area contributed by atoms with Crippen molar-refractivity contribution in [2.75, 3.05) is 12.4 Å². The van der Waals surface area contributed by atoms with Gasteiger partial charge in [0.05, 0.1) is 17.7 Å². The first-order chi connectivity index (χ1) is 9.49. The molecule has 0 heterocycles. The lowest BCUT2D eigenvalue weighted by Gasteiger charge is -2.41. The van der Waals surface area contributed by atoms with Crippen LogP contribution in [0.5, 0.6) is 5.75 Å². The number of hydrogen-bond donors (Lipinski definition) is 2. The Balaban J connectivity index is 1.85. The first-order valence-corrected chi connectivity index (χ1v) is 8.17. The predicted octanol–water partition coefficient (Wildman–Crippen LogP) is 1.72. The molecular weight excluding hydrogens is 276 g/mol. The number of primary sulfonamides is 1. The van der Waals surface area contributed by atoms with Crippen molar-refractivity contribution in [3.05, 3.63) is 30.4 Å². The van der Waals surface area contributed by atoms with E-state index in [1.54, 1.807) is 19.2 Å². The summed E-state index contributed by atoms with van der Waals surface area (Å²) in [4.78, 5) is 0.0960. The summed E-state index contributed by atoms with van der Waals surface area (Å²) in [5.41, 5.74) is 0.683. The Kier molecular flexibility index (Phi) is 3.22. The van der Waals surface area contributed by atoms with E-state index in [1.807, 2.05) is 0 Å². The fraction of sp³-hybridized carbons (Fsp3) is 0.429. The largest absolute Gasteiger partial charge is 0.495 e. The second-order valence-electron chi connectivity index (χ2n) is 5.39. The highest BCUT2D eigenvalue weighted by atomic mass is 32.2. The maximum Gasteiger partial charge on any atom is 0.238 e. The van der Waals surface area contributed by atoms with Crippen molar-refractivity contribution in [3.63, 3.8) is 0 Å². The summed E-state index contributed by atoms with van der Waals surface area (Å²) in [7, 11) is -2.14. The van der Waals surface area contributed by atoms with Gasteiger partial charge in [0.25, 0.3) is 0 Å². The molecule has 2 aliphatic carbocycles. The number of nitrogens with two attached hydrogens (primary N) is 1. The maximum atomic E-state index is 11.4. The fourth-order valence-electron chi connectivity index (χ4n) is 3.06. The van der Waals surface area contributed by atoms with Crippen LogP contribution >= 0.6 is 0 Å². The number of ether oxygens (including phenoxy) is 1. The lowest BCUT2D eigenvalue weighted by Crippen LogP contribution is -2.43. The van der Waals surface area contributed by atoms with E-state index >= 15 is 0 Å². The summed E-state index contributed by atoms with van der Waals surface area (Å²) in [5, 5.41) is 8.56. The number of nitrogens with one attached hydrogen (secondary N) is 1. The number of hydrogen-bond acceptors (Lipinski definition) is 4. The number of anilines is 1. The second kappa shape index (κ2) is 4.79. The third-order valence-electron chi connectivity index (χ3n) is 4.20. The summed E-state index contributed by atoms with van der Waals surface area (Å²) in [6.07, 6.45) is 6.70. The van der Waals surface area contributed by atoms with Crippen molar-refractivity contribution in [1.82, 2.24) is 0 Å². The minimum atomic E-state index is -3.70. The van der Waals surface area contributed by atoms with Gasteiger partial charge in [0.1, 0.15) is 5.75 Å². The van der Waals surface area contributed by atoms with Gasteiger partial charge in [-0.25, -0.2) is 13.6 Å². The van der Waals surface area contributed by atoms with Crippen LogP contribution in [0.4, 0.5) is 5.69 Å². The summed E-state index contributed by atoms with van der Waals surface area (Å²) in [6.45, 7) is 0. The van der Waals surface area contributed by atoms with Crippen molar-refractivity contribution in [2.45, 2.75) is 23.8 Å². The first-order valence-electron chi connectivity index (χ1n) is 6.63. The third-order valence-corrected chi connectivity index (χ3v) is 5.11. The van der Waals surface area contributed by atoms with Crippen LogP contribution in [0, 0.1) is 11.8 Å². The van der Waals surface area contributed by atoms with Gasteiger partial charge in [-0.3, -0.25) is 0 Å². The van der Waals surface area contributed by atoms with Crippen LogP contribution in [0.25, 0.3) is 0 Å². The molecule has 0 bridgehead atoms. The molecule has 0 aliphatic heterocycles. The van der Waals surface area contributed by atoms with Gasteiger partial charge in [0, 0.05) is 12.0 Å². The van der Waals surface area contributed by atoms with Gasteiger partial charge in [-0.05, 0) is 37.0 Å². The molecule has 3 N–H and O–H groups in total. The molecule has 0 spiro atoms. The van der Waals surface area contributed by atoms with Crippen molar-refractivity contribution in [3.8, 4) is 5.75 Å². The zero-order valence-corrected chi connectivity index (χ0v) is 12.1. The van der Waals surface area contributed by atoms with Gasteiger partial charge in [-0.1, -0.05) is 12.2 Å². The highest BCUT2D eigenvalue weighted by Gasteiger charge is 2.41. The van der Waals surface area contributed by atoms with Crippen molar-refractivity contribution in [2.24, 2.45) is 17.0 Å². The molecule has 20 heavy (non-hydrogen) atoms. The Morgan fingerprint density at radius 1 is 1.40 bits per heavy atom. The molecule has 3 rings (SSSR count). The molecule has 2 aliphatic rings. The van der Waals surface area contributed by atoms with Crippen LogP contribution < -0.4 is 15.2 Å². The van der Waals surface area contributed by atoms with E-state index in [4.69, 9.17) is 9.88 Å². The van der Waals surface area contributed by atoms with E-state index in [0.29, 0.717) is 23.4 Å². The molecule has 108 valence electrons. The summed E-state index contributed by atoms with van der Waals surface area (Å²) in [6, 6.07) is 4.96. The monoisotopic (exact) mass is 294 g/mol. The Bertz CT molecular complexity index is 654. The van der Waals surface area contributed by atoms with Crippen LogP contribution in [-0.4, -0.2) is 21.6 Å². The topological polar surface area (TPSA) is 81.4 Å². The van der Waals surface area contributed by atoms with E-state index in [0.717, 1.165) is 18.8 Å². The average molecular weight is 294 g/mol. The number of fused-ring (bicyclic) bond motifs is 1. The van der Waals surface area contributed by atoms with Crippen LogP contribution in [0.2, 0.25) is 0 Å². The molecule has 3 unspecified atom stereocenters. The van der Waals surface area contributed by atoms with Gasteiger partial charge in [0.2, 0.25) is 10.0 Å². The fourth-order valence-corrected chi connectivity index (χ4v) is 3.60. The predicted molar refractivity (Wildman–Crippen MR) is 77.1 cm³/mol. The molecule has 6 heteroatoms. The Morgan fingerprint density at radius 3 is 2.85 bits per heavy atom. The number of allylic oxidation sites excluding steroid dienone is 1. The van der Waals surface area contributed by atoms with Gasteiger partial charge < -0.3 is 10.1 Å². The van der Waals surface area contributed by atoms with E-state index in [9.17, 15) is 8.42 Å². The summed E-state index contributed by atoms with van der Waals surface area (Å²) in [5.74, 6) is 1.90. The highest BCUT2D eigenvalue weighted by molar-refractivity contribution is 7.89. The molecule has 3 atom stereocenters. The maximum absolute atomic E-state index is 11.4. The standard InChI is InChI=1S/C14H18N2O3S/c1-19-14-6-5-10(20(15,17)18)8-13(14)16-12-7-9-3-2-4-11(9)12/h2,4-6,8-9,11-12,16H,3,7H2,1H3,(H2,15,17,18). The first kappa shape index (κ1) is 13.5. The molecule has 5 nitrogen and oxygen atoms in total. The van der Waals surface area contributed by atoms with Crippen LogP contribution in [-0.2, 0) is 10.0 Å². The lowest BCUT2D eigenvalue weighted by atomic mass is 9.71. The van der Waals surface area contributed by atoms with Crippen molar-refractivity contribution in [1.29, 1.82) is 0 Å². The second-order valence-corrected chi connectivity index (χ2v) is 6.96. The number of rotatable bonds is 4. The summed E-state index contributed by atoms with van der Waals surface area (Å²) < 4.78 is 28.1. The average Bonchev–Trinajstić information content (AvgIpc) is 2.76. The molecule has 0 amide bonds. The SMILES string of the molecule is COc1ccc(S(N)(=O)=O)cc1NC1CC2CC=CC21. The van der Waals surface area contributed by atoms with Crippen LogP contribution in [0.3, 0.4) is 0 Å². The van der Waals surface area contributed by atoms with Gasteiger partial charge in [-0.15, -0.1) is 0 Å². The highest BCUT2D eigenvalue weighted by Crippen LogP contribution is 2.45. The van der Waals surface area contributed by atoms with E-state index in [2.05, 4.69) is 17.5 Å². The minimum Gasteiger partial charge on any atom is -0.495 e. The molecule has 0 radical (unpaired) electrons.